The van der Waals surface area contributed by atoms with Crippen molar-refractivity contribution >= 4 is 5.91 Å². The number of carbonyl (C=O) groups is 1. The summed E-state index contributed by atoms with van der Waals surface area (Å²) in [4.78, 5) is 11.7. The standard InChI is InChI=1S/C13H28N2O/c1-11(7-5-6-9-14)12(16)15-10-8-13(2,3)4/h11H,5-10,14H2,1-4H3,(H,15,16)/t11-/m1/s1. The molecule has 0 radical (unpaired) electrons. The second-order valence-corrected chi connectivity index (χ2v) is 5.79. The Hall–Kier alpha value is -0.570. The van der Waals surface area contributed by atoms with Gasteiger partial charge in [0.1, 0.15) is 0 Å². The van der Waals surface area contributed by atoms with Crippen LogP contribution in [0, 0.1) is 11.3 Å². The zero-order chi connectivity index (χ0) is 12.6. The molecule has 0 saturated heterocycles. The van der Waals surface area contributed by atoms with Crippen LogP contribution in [-0.2, 0) is 4.79 Å². The zero-order valence-corrected chi connectivity index (χ0v) is 11.3. The van der Waals surface area contributed by atoms with Crippen LogP contribution in [0.25, 0.3) is 0 Å². The van der Waals surface area contributed by atoms with Gasteiger partial charge < -0.3 is 11.1 Å². The van der Waals surface area contributed by atoms with Gasteiger partial charge >= 0.3 is 0 Å². The summed E-state index contributed by atoms with van der Waals surface area (Å²) in [6.45, 7) is 10.0. The van der Waals surface area contributed by atoms with Crippen molar-refractivity contribution in [1.29, 1.82) is 0 Å². The van der Waals surface area contributed by atoms with Crippen molar-refractivity contribution in [2.24, 2.45) is 17.1 Å². The highest BCUT2D eigenvalue weighted by Crippen LogP contribution is 2.17. The average Bonchev–Trinajstić information content (AvgIpc) is 2.15. The predicted octanol–water partition coefficient (Wildman–Crippen LogP) is 2.30. The molecule has 0 aliphatic carbocycles. The molecule has 16 heavy (non-hydrogen) atoms. The van der Waals surface area contributed by atoms with Crippen molar-refractivity contribution in [2.75, 3.05) is 13.1 Å². The van der Waals surface area contributed by atoms with E-state index in [2.05, 4.69) is 26.1 Å². The van der Waals surface area contributed by atoms with Crippen LogP contribution in [0.3, 0.4) is 0 Å². The Balaban J connectivity index is 3.63. The zero-order valence-electron chi connectivity index (χ0n) is 11.3. The molecule has 96 valence electrons. The summed E-state index contributed by atoms with van der Waals surface area (Å²) in [5.41, 5.74) is 5.71. The van der Waals surface area contributed by atoms with Crippen molar-refractivity contribution in [2.45, 2.75) is 53.4 Å². The van der Waals surface area contributed by atoms with E-state index in [1.54, 1.807) is 0 Å². The van der Waals surface area contributed by atoms with Crippen LogP contribution in [0.4, 0.5) is 0 Å². The lowest BCUT2D eigenvalue weighted by molar-refractivity contribution is -0.124. The largest absolute Gasteiger partial charge is 0.356 e. The number of nitrogens with one attached hydrogen (secondary N) is 1. The Bertz CT molecular complexity index is 197. The fourth-order valence-electron chi connectivity index (χ4n) is 1.46. The number of unbranched alkanes of at least 4 members (excludes halogenated alkanes) is 1. The molecule has 0 aromatic carbocycles. The van der Waals surface area contributed by atoms with E-state index in [4.69, 9.17) is 5.73 Å². The SMILES string of the molecule is C[C@H](CCCCN)C(=O)NCCC(C)(C)C. The lowest BCUT2D eigenvalue weighted by atomic mass is 9.92. The molecule has 0 aromatic rings. The summed E-state index contributed by atoms with van der Waals surface area (Å²) < 4.78 is 0. The molecule has 3 nitrogen and oxygen atoms in total. The molecule has 1 atom stereocenters. The topological polar surface area (TPSA) is 55.1 Å². The van der Waals surface area contributed by atoms with Crippen LogP contribution in [-0.4, -0.2) is 19.0 Å². The highest BCUT2D eigenvalue weighted by atomic mass is 16.1. The molecule has 3 heteroatoms. The fraction of sp³-hybridized carbons (Fsp3) is 0.923. The van der Waals surface area contributed by atoms with E-state index in [1.165, 1.54) is 0 Å². The number of hydrogen-bond acceptors (Lipinski definition) is 2. The summed E-state index contributed by atoms with van der Waals surface area (Å²) in [7, 11) is 0. The molecule has 1 amide bonds. The molecule has 0 aliphatic heterocycles. The molecule has 0 rings (SSSR count). The van der Waals surface area contributed by atoms with Crippen molar-refractivity contribution < 1.29 is 4.79 Å². The summed E-state index contributed by atoms with van der Waals surface area (Å²) in [6.07, 6.45) is 4.02. The fourth-order valence-corrected chi connectivity index (χ4v) is 1.46. The minimum absolute atomic E-state index is 0.117. The smallest absolute Gasteiger partial charge is 0.222 e. The van der Waals surface area contributed by atoms with Gasteiger partial charge in [0.15, 0.2) is 0 Å². The normalized spacial score (nSPS) is 13.6. The van der Waals surface area contributed by atoms with Crippen LogP contribution >= 0.6 is 0 Å². The lowest BCUT2D eigenvalue weighted by Crippen LogP contribution is -2.31. The molecule has 0 aliphatic rings. The quantitative estimate of drug-likeness (QED) is 0.657. The van der Waals surface area contributed by atoms with E-state index in [9.17, 15) is 4.79 Å². The molecule has 0 unspecified atom stereocenters. The maximum atomic E-state index is 11.7. The lowest BCUT2D eigenvalue weighted by Gasteiger charge is -2.19. The van der Waals surface area contributed by atoms with E-state index in [1.807, 2.05) is 6.92 Å². The summed E-state index contributed by atoms with van der Waals surface area (Å²) in [5, 5.41) is 3.00. The predicted molar refractivity (Wildman–Crippen MR) is 69.2 cm³/mol. The van der Waals surface area contributed by atoms with Gasteiger partial charge in [0, 0.05) is 12.5 Å². The molecule has 0 saturated carbocycles. The molecule has 0 bridgehead atoms. The first-order valence-corrected chi connectivity index (χ1v) is 6.34. The van der Waals surface area contributed by atoms with Gasteiger partial charge in [0.05, 0.1) is 0 Å². The van der Waals surface area contributed by atoms with Gasteiger partial charge in [-0.3, -0.25) is 4.79 Å². The first-order chi connectivity index (χ1) is 7.37. The number of nitrogens with two attached hydrogens (primary N) is 1. The van der Waals surface area contributed by atoms with Crippen LogP contribution in [0.15, 0.2) is 0 Å². The maximum Gasteiger partial charge on any atom is 0.222 e. The minimum atomic E-state index is 0.117. The van der Waals surface area contributed by atoms with E-state index in [-0.39, 0.29) is 17.2 Å². The Kier molecular flexibility index (Phi) is 7.39. The van der Waals surface area contributed by atoms with Gasteiger partial charge in [-0.1, -0.05) is 34.1 Å². The molecule has 0 aromatic heterocycles. The van der Waals surface area contributed by atoms with E-state index >= 15 is 0 Å². The highest BCUT2D eigenvalue weighted by Gasteiger charge is 2.14. The Labute approximate surface area is 100 Å². The third-order valence-corrected chi connectivity index (χ3v) is 2.71. The van der Waals surface area contributed by atoms with Crippen LogP contribution in [0.2, 0.25) is 0 Å². The average molecular weight is 228 g/mol. The van der Waals surface area contributed by atoms with E-state index < -0.39 is 0 Å². The summed E-state index contributed by atoms with van der Waals surface area (Å²) >= 11 is 0. The second kappa shape index (κ2) is 7.66. The number of rotatable bonds is 7. The molecule has 3 N–H and O–H groups in total. The highest BCUT2D eigenvalue weighted by molar-refractivity contribution is 5.78. The Morgan fingerprint density at radius 3 is 2.44 bits per heavy atom. The molecule has 0 fully saturated rings. The number of amides is 1. The van der Waals surface area contributed by atoms with Gasteiger partial charge in [-0.25, -0.2) is 0 Å². The third-order valence-electron chi connectivity index (χ3n) is 2.71. The third kappa shape index (κ3) is 8.72. The van der Waals surface area contributed by atoms with Gasteiger partial charge in [0.25, 0.3) is 0 Å². The summed E-state index contributed by atoms with van der Waals surface area (Å²) in [5.74, 6) is 0.299. The maximum absolute atomic E-state index is 11.7. The van der Waals surface area contributed by atoms with Gasteiger partial charge in [-0.15, -0.1) is 0 Å². The van der Waals surface area contributed by atoms with Crippen molar-refractivity contribution in [3.05, 3.63) is 0 Å². The van der Waals surface area contributed by atoms with Crippen molar-refractivity contribution in [1.82, 2.24) is 5.32 Å². The van der Waals surface area contributed by atoms with Gasteiger partial charge in [-0.2, -0.15) is 0 Å². The molecule has 0 heterocycles. The van der Waals surface area contributed by atoms with Crippen molar-refractivity contribution in [3.63, 3.8) is 0 Å². The molecular formula is C13H28N2O. The monoisotopic (exact) mass is 228 g/mol. The molecule has 0 spiro atoms. The van der Waals surface area contributed by atoms with Gasteiger partial charge in [-0.05, 0) is 31.2 Å². The Morgan fingerprint density at radius 1 is 1.31 bits per heavy atom. The summed E-state index contributed by atoms with van der Waals surface area (Å²) in [6, 6.07) is 0. The van der Waals surface area contributed by atoms with Crippen LogP contribution < -0.4 is 11.1 Å². The number of carbonyl (C=O) groups excluding carboxylic acids is 1. The first kappa shape index (κ1) is 15.4. The van der Waals surface area contributed by atoms with E-state index in [0.717, 1.165) is 38.8 Å². The van der Waals surface area contributed by atoms with Gasteiger partial charge in [0.2, 0.25) is 5.91 Å². The first-order valence-electron chi connectivity index (χ1n) is 6.34. The van der Waals surface area contributed by atoms with Crippen LogP contribution in [0.5, 0.6) is 0 Å². The minimum Gasteiger partial charge on any atom is -0.356 e. The van der Waals surface area contributed by atoms with E-state index in [0.29, 0.717) is 0 Å². The van der Waals surface area contributed by atoms with Crippen molar-refractivity contribution in [3.8, 4) is 0 Å². The van der Waals surface area contributed by atoms with Crippen LogP contribution in [0.1, 0.15) is 53.4 Å². The Morgan fingerprint density at radius 2 is 1.94 bits per heavy atom. The number of hydrogen-bond donors (Lipinski definition) is 2. The molecular weight excluding hydrogens is 200 g/mol. The second-order valence-electron chi connectivity index (χ2n) is 5.79.